The van der Waals surface area contributed by atoms with Gasteiger partial charge >= 0.3 is 0 Å². The second kappa shape index (κ2) is 4.50. The summed E-state index contributed by atoms with van der Waals surface area (Å²) in [5.41, 5.74) is 6.66. The van der Waals surface area contributed by atoms with Crippen LogP contribution in [-0.4, -0.2) is 6.04 Å². The standard InChI is InChI=1S/C12H15ClFN/c13-10-6-2-5-9(12(10)14)7-11(15)8-3-1-4-8/h2,5-6,8,11H,1,3-4,7,15H2. The van der Waals surface area contributed by atoms with Crippen molar-refractivity contribution >= 4 is 11.6 Å². The quantitative estimate of drug-likeness (QED) is 0.844. The number of hydrogen-bond donors (Lipinski definition) is 1. The molecule has 0 spiro atoms. The maximum absolute atomic E-state index is 13.6. The molecule has 2 N–H and O–H groups in total. The van der Waals surface area contributed by atoms with Gasteiger partial charge in [0.2, 0.25) is 0 Å². The third-order valence-corrected chi connectivity index (χ3v) is 3.53. The van der Waals surface area contributed by atoms with E-state index in [2.05, 4.69) is 0 Å². The Hall–Kier alpha value is -0.600. The molecular weight excluding hydrogens is 213 g/mol. The summed E-state index contributed by atoms with van der Waals surface area (Å²) in [5, 5.41) is 0.188. The maximum Gasteiger partial charge on any atom is 0.145 e. The van der Waals surface area contributed by atoms with Gasteiger partial charge in [-0.1, -0.05) is 30.2 Å². The minimum atomic E-state index is -0.311. The van der Waals surface area contributed by atoms with Gasteiger partial charge in [-0.2, -0.15) is 0 Å². The average molecular weight is 228 g/mol. The lowest BCUT2D eigenvalue weighted by molar-refractivity contribution is 0.259. The van der Waals surface area contributed by atoms with Gasteiger partial charge in [0, 0.05) is 6.04 Å². The second-order valence-corrected chi connectivity index (χ2v) is 4.68. The molecule has 1 unspecified atom stereocenters. The minimum absolute atomic E-state index is 0.0757. The van der Waals surface area contributed by atoms with Crippen LogP contribution in [0.1, 0.15) is 24.8 Å². The molecule has 3 heteroatoms. The van der Waals surface area contributed by atoms with Crippen LogP contribution >= 0.6 is 11.6 Å². The zero-order valence-electron chi connectivity index (χ0n) is 8.55. The predicted molar refractivity (Wildman–Crippen MR) is 60.4 cm³/mol. The summed E-state index contributed by atoms with van der Waals surface area (Å²) < 4.78 is 13.6. The summed E-state index contributed by atoms with van der Waals surface area (Å²) in [5.74, 6) is 0.261. The van der Waals surface area contributed by atoms with Crippen molar-refractivity contribution in [1.29, 1.82) is 0 Å². The molecule has 1 atom stereocenters. The first-order valence-electron chi connectivity index (χ1n) is 5.37. The van der Waals surface area contributed by atoms with Crippen molar-refractivity contribution in [2.24, 2.45) is 11.7 Å². The SMILES string of the molecule is NC(Cc1cccc(Cl)c1F)C1CCC1. The fourth-order valence-corrected chi connectivity index (χ4v) is 2.19. The van der Waals surface area contributed by atoms with Crippen LogP contribution in [0, 0.1) is 11.7 Å². The van der Waals surface area contributed by atoms with Gasteiger partial charge in [-0.05, 0) is 36.8 Å². The smallest absolute Gasteiger partial charge is 0.145 e. The first kappa shape index (κ1) is 10.9. The van der Waals surface area contributed by atoms with Crippen molar-refractivity contribution in [3.05, 3.63) is 34.6 Å². The zero-order valence-corrected chi connectivity index (χ0v) is 9.30. The second-order valence-electron chi connectivity index (χ2n) is 4.27. The summed E-state index contributed by atoms with van der Waals surface area (Å²) in [4.78, 5) is 0. The van der Waals surface area contributed by atoms with Crippen LogP contribution in [0.4, 0.5) is 4.39 Å². The Labute approximate surface area is 94.4 Å². The molecule has 1 aromatic carbocycles. The highest BCUT2D eigenvalue weighted by atomic mass is 35.5. The Bertz CT molecular complexity index is 349. The molecule has 0 aromatic heterocycles. The van der Waals surface area contributed by atoms with E-state index in [-0.39, 0.29) is 16.9 Å². The van der Waals surface area contributed by atoms with E-state index < -0.39 is 0 Å². The van der Waals surface area contributed by atoms with Crippen LogP contribution in [0.3, 0.4) is 0 Å². The van der Waals surface area contributed by atoms with Gasteiger partial charge in [0.25, 0.3) is 0 Å². The Morgan fingerprint density at radius 2 is 2.20 bits per heavy atom. The van der Waals surface area contributed by atoms with E-state index in [1.165, 1.54) is 19.3 Å². The summed E-state index contributed by atoms with van der Waals surface area (Å²) in [6, 6.07) is 5.18. The highest BCUT2D eigenvalue weighted by molar-refractivity contribution is 6.30. The third-order valence-electron chi connectivity index (χ3n) is 3.24. The molecule has 0 amide bonds. The van der Waals surface area contributed by atoms with E-state index in [0.717, 1.165) is 0 Å². The lowest BCUT2D eigenvalue weighted by atomic mass is 9.78. The molecular formula is C12H15ClFN. The van der Waals surface area contributed by atoms with Gasteiger partial charge in [-0.3, -0.25) is 0 Å². The molecule has 0 saturated heterocycles. The normalized spacial score (nSPS) is 18.6. The molecule has 0 bridgehead atoms. The molecule has 1 aliphatic carbocycles. The van der Waals surface area contributed by atoms with Crippen LogP contribution in [-0.2, 0) is 6.42 Å². The Kier molecular flexibility index (Phi) is 3.27. The van der Waals surface area contributed by atoms with Crippen molar-refractivity contribution in [1.82, 2.24) is 0 Å². The average Bonchev–Trinajstić information content (AvgIpc) is 2.10. The molecule has 1 nitrogen and oxygen atoms in total. The van der Waals surface area contributed by atoms with E-state index in [9.17, 15) is 4.39 Å². The fraction of sp³-hybridized carbons (Fsp3) is 0.500. The molecule has 1 aromatic rings. The topological polar surface area (TPSA) is 26.0 Å². The molecule has 82 valence electrons. The zero-order chi connectivity index (χ0) is 10.8. The highest BCUT2D eigenvalue weighted by Gasteiger charge is 2.25. The van der Waals surface area contributed by atoms with Crippen molar-refractivity contribution < 1.29 is 4.39 Å². The van der Waals surface area contributed by atoms with Crippen molar-refractivity contribution in [2.75, 3.05) is 0 Å². The van der Waals surface area contributed by atoms with Gasteiger partial charge in [-0.15, -0.1) is 0 Å². The Morgan fingerprint density at radius 3 is 2.80 bits per heavy atom. The van der Waals surface area contributed by atoms with Crippen molar-refractivity contribution in [2.45, 2.75) is 31.7 Å². The van der Waals surface area contributed by atoms with Crippen LogP contribution in [0.15, 0.2) is 18.2 Å². The maximum atomic E-state index is 13.6. The predicted octanol–water partition coefficient (Wildman–Crippen LogP) is 3.15. The Balaban J connectivity index is 2.06. The molecule has 1 fully saturated rings. The van der Waals surface area contributed by atoms with Gasteiger partial charge in [0.1, 0.15) is 5.82 Å². The molecule has 1 saturated carbocycles. The number of hydrogen-bond acceptors (Lipinski definition) is 1. The summed E-state index contributed by atoms with van der Waals surface area (Å²) in [6.45, 7) is 0. The van der Waals surface area contributed by atoms with Crippen LogP contribution in [0.5, 0.6) is 0 Å². The van der Waals surface area contributed by atoms with E-state index >= 15 is 0 Å². The third kappa shape index (κ3) is 2.32. The summed E-state index contributed by atoms with van der Waals surface area (Å²) in [6.07, 6.45) is 4.22. The van der Waals surface area contributed by atoms with Gasteiger partial charge in [-0.25, -0.2) is 4.39 Å². The minimum Gasteiger partial charge on any atom is -0.327 e. The molecule has 2 rings (SSSR count). The molecule has 15 heavy (non-hydrogen) atoms. The molecule has 1 aliphatic rings. The summed E-state index contributed by atoms with van der Waals surface area (Å²) >= 11 is 5.71. The first-order valence-corrected chi connectivity index (χ1v) is 5.74. The van der Waals surface area contributed by atoms with Crippen molar-refractivity contribution in [3.8, 4) is 0 Å². The van der Waals surface area contributed by atoms with Crippen molar-refractivity contribution in [3.63, 3.8) is 0 Å². The number of rotatable bonds is 3. The van der Waals surface area contributed by atoms with E-state index in [4.69, 9.17) is 17.3 Å². The van der Waals surface area contributed by atoms with Gasteiger partial charge < -0.3 is 5.73 Å². The first-order chi connectivity index (χ1) is 7.18. The number of nitrogens with two attached hydrogens (primary N) is 1. The molecule has 0 heterocycles. The van der Waals surface area contributed by atoms with E-state index in [1.54, 1.807) is 18.2 Å². The van der Waals surface area contributed by atoms with Crippen LogP contribution in [0.2, 0.25) is 5.02 Å². The lowest BCUT2D eigenvalue weighted by Gasteiger charge is -2.31. The lowest BCUT2D eigenvalue weighted by Crippen LogP contribution is -2.36. The van der Waals surface area contributed by atoms with Gasteiger partial charge in [0.05, 0.1) is 5.02 Å². The van der Waals surface area contributed by atoms with E-state index in [0.29, 0.717) is 17.9 Å². The monoisotopic (exact) mass is 227 g/mol. The van der Waals surface area contributed by atoms with Gasteiger partial charge in [0.15, 0.2) is 0 Å². The summed E-state index contributed by atoms with van der Waals surface area (Å²) in [7, 11) is 0. The fourth-order valence-electron chi connectivity index (χ4n) is 1.99. The largest absolute Gasteiger partial charge is 0.327 e. The number of benzene rings is 1. The molecule has 0 aliphatic heterocycles. The van der Waals surface area contributed by atoms with Crippen LogP contribution < -0.4 is 5.73 Å². The Morgan fingerprint density at radius 1 is 1.47 bits per heavy atom. The highest BCUT2D eigenvalue weighted by Crippen LogP contribution is 2.30. The number of halogens is 2. The van der Waals surface area contributed by atoms with E-state index in [1.807, 2.05) is 0 Å². The van der Waals surface area contributed by atoms with Crippen LogP contribution in [0.25, 0.3) is 0 Å². The molecule has 0 radical (unpaired) electrons.